The van der Waals surface area contributed by atoms with Crippen molar-refractivity contribution in [1.82, 2.24) is 9.97 Å². The van der Waals surface area contributed by atoms with Crippen molar-refractivity contribution < 1.29 is 0 Å². The molecule has 0 spiro atoms. The summed E-state index contributed by atoms with van der Waals surface area (Å²) in [6, 6.07) is 59.7. The number of hydrogen-bond donors (Lipinski definition) is 0. The van der Waals surface area contributed by atoms with E-state index in [2.05, 4.69) is 164 Å². The Bertz CT molecular complexity index is 3300. The maximum atomic E-state index is 5.72. The van der Waals surface area contributed by atoms with Gasteiger partial charge < -0.3 is 0 Å². The van der Waals surface area contributed by atoms with Gasteiger partial charge >= 0.3 is 0 Å². The minimum atomic E-state index is -0.103. The van der Waals surface area contributed by atoms with Crippen molar-refractivity contribution in [3.05, 3.63) is 181 Å². The quantitative estimate of drug-likeness (QED) is 0.183. The van der Waals surface area contributed by atoms with E-state index in [9.17, 15) is 0 Å². The predicted molar refractivity (Wildman–Crippen MR) is 227 cm³/mol. The number of aromatic nitrogens is 2. The van der Waals surface area contributed by atoms with E-state index in [0.29, 0.717) is 0 Å². The molecular formula is C49H28N2S2. The molecule has 0 N–H and O–H groups in total. The van der Waals surface area contributed by atoms with Crippen molar-refractivity contribution >= 4 is 84.8 Å². The first-order valence-electron chi connectivity index (χ1n) is 18.0. The summed E-state index contributed by atoms with van der Waals surface area (Å²) in [5, 5.41) is 8.95. The lowest BCUT2D eigenvalue weighted by molar-refractivity contribution is 0.961. The molecule has 8 aromatic carbocycles. The highest BCUT2D eigenvalue weighted by atomic mass is 32.1. The number of benzene rings is 8. The van der Waals surface area contributed by atoms with Crippen molar-refractivity contribution in [3.63, 3.8) is 0 Å². The number of nitrogens with zero attached hydrogens (tertiary/aromatic N) is 2. The van der Waals surface area contributed by atoms with Gasteiger partial charge in [-0.1, -0.05) is 140 Å². The zero-order valence-corrected chi connectivity index (χ0v) is 30.0. The topological polar surface area (TPSA) is 25.8 Å². The van der Waals surface area contributed by atoms with Crippen LogP contribution in [0.15, 0.2) is 164 Å². The highest BCUT2D eigenvalue weighted by Gasteiger charge is 2.37. The number of thiophene rings is 2. The number of fused-ring (bicyclic) bond motifs is 14. The van der Waals surface area contributed by atoms with Crippen LogP contribution < -0.4 is 0 Å². The van der Waals surface area contributed by atoms with E-state index in [-0.39, 0.29) is 5.92 Å². The molecule has 0 bridgehead atoms. The zero-order chi connectivity index (χ0) is 34.6. The first kappa shape index (κ1) is 29.4. The molecule has 0 radical (unpaired) electrons. The minimum Gasteiger partial charge on any atom is -0.243 e. The van der Waals surface area contributed by atoms with Crippen LogP contribution in [0.1, 0.15) is 22.7 Å². The molecule has 11 aromatic rings. The molecule has 1 atom stereocenters. The maximum Gasteiger partial charge on any atom is 0.143 e. The summed E-state index contributed by atoms with van der Waals surface area (Å²) < 4.78 is 3.86. The molecule has 53 heavy (non-hydrogen) atoms. The minimum absolute atomic E-state index is 0.103. The first-order valence-corrected chi connectivity index (χ1v) is 19.7. The smallest absolute Gasteiger partial charge is 0.143 e. The fourth-order valence-electron chi connectivity index (χ4n) is 8.82. The molecule has 3 aromatic heterocycles. The van der Waals surface area contributed by atoms with Gasteiger partial charge in [-0.2, -0.15) is 0 Å². The van der Waals surface area contributed by atoms with E-state index < -0.39 is 0 Å². The van der Waals surface area contributed by atoms with Gasteiger partial charge in [0.05, 0.1) is 17.3 Å². The van der Waals surface area contributed by atoms with Crippen LogP contribution in [0, 0.1) is 0 Å². The molecule has 0 saturated carbocycles. The molecule has 0 fully saturated rings. The lowest BCUT2D eigenvalue weighted by Gasteiger charge is -2.19. The Morgan fingerprint density at radius 3 is 2.06 bits per heavy atom. The third-order valence-corrected chi connectivity index (χ3v) is 13.4. The van der Waals surface area contributed by atoms with Crippen LogP contribution in [0.3, 0.4) is 0 Å². The Kier molecular flexibility index (Phi) is 6.18. The lowest BCUT2D eigenvalue weighted by Crippen LogP contribution is -2.07. The summed E-state index contributed by atoms with van der Waals surface area (Å²) in [7, 11) is 0. The molecule has 246 valence electrons. The lowest BCUT2D eigenvalue weighted by atomic mass is 9.87. The van der Waals surface area contributed by atoms with Gasteiger partial charge in [-0.15, -0.1) is 22.7 Å². The third kappa shape index (κ3) is 4.25. The Hall–Kier alpha value is -6.20. The molecule has 2 nitrogen and oxygen atoms in total. The second-order valence-corrected chi connectivity index (χ2v) is 16.1. The molecule has 12 rings (SSSR count). The number of rotatable bonds is 3. The van der Waals surface area contributed by atoms with Crippen LogP contribution in [-0.4, -0.2) is 9.97 Å². The summed E-state index contributed by atoms with van der Waals surface area (Å²) >= 11 is 3.67. The van der Waals surface area contributed by atoms with Gasteiger partial charge in [0.25, 0.3) is 0 Å². The highest BCUT2D eigenvalue weighted by Crippen LogP contribution is 2.57. The average molecular weight is 709 g/mol. The summed E-state index contributed by atoms with van der Waals surface area (Å²) in [6.07, 6.45) is 0. The van der Waals surface area contributed by atoms with Crippen LogP contribution >= 0.6 is 22.7 Å². The van der Waals surface area contributed by atoms with Gasteiger partial charge in [0.15, 0.2) is 0 Å². The van der Waals surface area contributed by atoms with Crippen LogP contribution in [0.5, 0.6) is 0 Å². The van der Waals surface area contributed by atoms with E-state index in [1.165, 1.54) is 79.8 Å². The largest absolute Gasteiger partial charge is 0.243 e. The summed E-state index contributed by atoms with van der Waals surface area (Å²) in [6.45, 7) is 0. The van der Waals surface area contributed by atoms with Crippen molar-refractivity contribution in [2.75, 3.05) is 0 Å². The second kappa shape index (κ2) is 11.1. The van der Waals surface area contributed by atoms with E-state index in [0.717, 1.165) is 32.7 Å². The molecule has 0 saturated heterocycles. The average Bonchev–Trinajstić information content (AvgIpc) is 3.89. The van der Waals surface area contributed by atoms with Gasteiger partial charge in [0.1, 0.15) is 10.3 Å². The van der Waals surface area contributed by atoms with Crippen LogP contribution in [0.2, 0.25) is 0 Å². The van der Waals surface area contributed by atoms with Crippen molar-refractivity contribution in [1.29, 1.82) is 0 Å². The van der Waals surface area contributed by atoms with Gasteiger partial charge in [-0.05, 0) is 79.2 Å². The van der Waals surface area contributed by atoms with Crippen LogP contribution in [-0.2, 0) is 0 Å². The van der Waals surface area contributed by atoms with Crippen LogP contribution in [0.25, 0.3) is 95.7 Å². The van der Waals surface area contributed by atoms with E-state index in [4.69, 9.17) is 9.97 Å². The molecular weight excluding hydrogens is 681 g/mol. The van der Waals surface area contributed by atoms with Crippen LogP contribution in [0.4, 0.5) is 0 Å². The summed E-state index contributed by atoms with van der Waals surface area (Å²) in [5.74, 6) is -0.103. The monoisotopic (exact) mass is 708 g/mol. The Labute approximate surface area is 313 Å². The van der Waals surface area contributed by atoms with Gasteiger partial charge in [0.2, 0.25) is 0 Å². The molecule has 0 amide bonds. The zero-order valence-electron chi connectivity index (χ0n) is 28.4. The molecule has 1 aliphatic carbocycles. The van der Waals surface area contributed by atoms with Gasteiger partial charge in [-0.3, -0.25) is 0 Å². The second-order valence-electron chi connectivity index (χ2n) is 14.0. The molecule has 0 aliphatic heterocycles. The van der Waals surface area contributed by atoms with Crippen molar-refractivity contribution in [3.8, 4) is 33.5 Å². The fraction of sp³-hybridized carbons (Fsp3) is 0.0204. The van der Waals surface area contributed by atoms with Crippen molar-refractivity contribution in [2.45, 2.75) is 5.92 Å². The molecule has 3 heterocycles. The van der Waals surface area contributed by atoms with Crippen molar-refractivity contribution in [2.24, 2.45) is 0 Å². The fourth-order valence-corrected chi connectivity index (χ4v) is 11.2. The Balaban J connectivity index is 1.23. The van der Waals surface area contributed by atoms with E-state index in [1.54, 1.807) is 11.3 Å². The summed E-state index contributed by atoms with van der Waals surface area (Å²) in [4.78, 5) is 12.3. The first-order chi connectivity index (χ1) is 26.3. The Morgan fingerprint density at radius 1 is 0.472 bits per heavy atom. The summed E-state index contributed by atoms with van der Waals surface area (Å²) in [5.41, 5.74) is 11.6. The molecule has 1 unspecified atom stereocenters. The van der Waals surface area contributed by atoms with Gasteiger partial charge in [0, 0.05) is 35.8 Å². The predicted octanol–water partition coefficient (Wildman–Crippen LogP) is 14.0. The molecule has 1 aliphatic rings. The SMILES string of the molecule is c1ccc(-c2cccc(-c3nc4c(nc3C3c5ccccc5-c5c3c3sc6cc7ccccc7cc6c3c3ccccc53)sc3ccccc34)c2)cc1. The van der Waals surface area contributed by atoms with E-state index >= 15 is 0 Å². The van der Waals surface area contributed by atoms with Gasteiger partial charge in [-0.25, -0.2) is 9.97 Å². The normalized spacial score (nSPS) is 13.8. The molecule has 4 heteroatoms. The van der Waals surface area contributed by atoms with E-state index in [1.807, 2.05) is 11.3 Å². The maximum absolute atomic E-state index is 5.72. The number of hydrogen-bond acceptors (Lipinski definition) is 4. The standard InChI is InChI=1S/C49H28N2S2/c1-2-13-28(14-3-1)29-17-12-18-32(25-29)45-47(51-49-46(50-45)37-23-10-11-24-39(37)53-49)43-36-22-9-7-20-34(36)41-33-19-6-8-21-35(33)42-38-26-30-15-4-5-16-31(30)27-40(38)52-48(42)44(41)43/h1-27,43H. The Morgan fingerprint density at radius 2 is 1.17 bits per heavy atom. The highest BCUT2D eigenvalue weighted by molar-refractivity contribution is 7.26. The third-order valence-electron chi connectivity index (χ3n) is 11.1.